The molecule has 160 valence electrons. The number of nitrogens with zero attached hydrogens (tertiary/aromatic N) is 2. The lowest BCUT2D eigenvalue weighted by Crippen LogP contribution is -2.39. The molecule has 2 aromatic rings. The van der Waals surface area contributed by atoms with Gasteiger partial charge in [0.15, 0.2) is 6.61 Å². The number of hydrogen-bond donors (Lipinski definition) is 0. The smallest absolute Gasteiger partial charge is 0.260 e. The number of rotatable bonds is 8. The molecule has 1 aliphatic rings. The van der Waals surface area contributed by atoms with Crippen molar-refractivity contribution in [1.82, 2.24) is 9.80 Å². The van der Waals surface area contributed by atoms with Gasteiger partial charge in [-0.15, -0.1) is 0 Å². The average molecular weight is 409 g/mol. The fourth-order valence-corrected chi connectivity index (χ4v) is 3.75. The number of amides is 2. The Balaban J connectivity index is 1.42. The van der Waals surface area contributed by atoms with Crippen molar-refractivity contribution in [3.8, 4) is 5.75 Å². The summed E-state index contributed by atoms with van der Waals surface area (Å²) in [4.78, 5) is 28.9. The molecule has 1 heterocycles. The van der Waals surface area contributed by atoms with E-state index in [0.29, 0.717) is 32.6 Å². The second-order valence-electron chi connectivity index (χ2n) is 7.78. The molecule has 0 spiro atoms. The van der Waals surface area contributed by atoms with Crippen molar-refractivity contribution >= 4 is 11.8 Å². The van der Waals surface area contributed by atoms with E-state index in [1.165, 1.54) is 11.1 Å². The maximum Gasteiger partial charge on any atom is 0.260 e. The molecule has 0 radical (unpaired) electrons. The lowest BCUT2D eigenvalue weighted by molar-refractivity contribution is -0.134. The van der Waals surface area contributed by atoms with Crippen LogP contribution in [-0.4, -0.2) is 54.4 Å². The van der Waals surface area contributed by atoms with Gasteiger partial charge in [0, 0.05) is 32.6 Å². The highest BCUT2D eigenvalue weighted by atomic mass is 16.5. The number of carbonyl (C=O) groups is 2. The predicted molar refractivity (Wildman–Crippen MR) is 118 cm³/mol. The fraction of sp³-hybridized carbons (Fsp3) is 0.440. The van der Waals surface area contributed by atoms with Crippen LogP contribution in [-0.2, 0) is 22.4 Å². The summed E-state index contributed by atoms with van der Waals surface area (Å²) < 4.78 is 5.69. The van der Waals surface area contributed by atoms with E-state index < -0.39 is 0 Å². The Morgan fingerprint density at radius 3 is 2.10 bits per heavy atom. The van der Waals surface area contributed by atoms with Crippen molar-refractivity contribution in [3.63, 3.8) is 0 Å². The Labute approximate surface area is 179 Å². The zero-order valence-electron chi connectivity index (χ0n) is 17.9. The number of hydrogen-bond acceptors (Lipinski definition) is 3. The number of ether oxygens (including phenoxy) is 1. The minimum atomic E-state index is -0.0220. The van der Waals surface area contributed by atoms with Crippen LogP contribution in [0.2, 0.25) is 0 Å². The van der Waals surface area contributed by atoms with Crippen LogP contribution in [0.3, 0.4) is 0 Å². The Morgan fingerprint density at radius 1 is 0.800 bits per heavy atom. The van der Waals surface area contributed by atoms with E-state index in [2.05, 4.69) is 6.92 Å². The SMILES string of the molecule is CCCc1ccc(OCC(=O)N2CCCN(C(=O)CCc3ccccc3)CC2)cc1. The Morgan fingerprint density at radius 2 is 1.43 bits per heavy atom. The molecule has 0 saturated carbocycles. The first-order chi connectivity index (χ1) is 14.7. The molecule has 0 bridgehead atoms. The van der Waals surface area contributed by atoms with Crippen LogP contribution >= 0.6 is 0 Å². The summed E-state index contributed by atoms with van der Waals surface area (Å²) in [5, 5.41) is 0. The summed E-state index contributed by atoms with van der Waals surface area (Å²) in [7, 11) is 0. The van der Waals surface area contributed by atoms with E-state index in [1.54, 1.807) is 0 Å². The minimum absolute atomic E-state index is 0.0220. The topological polar surface area (TPSA) is 49.9 Å². The molecule has 0 aliphatic carbocycles. The maximum atomic E-state index is 12.6. The molecule has 1 aliphatic heterocycles. The third-order valence-electron chi connectivity index (χ3n) is 5.50. The van der Waals surface area contributed by atoms with Crippen molar-refractivity contribution in [2.24, 2.45) is 0 Å². The van der Waals surface area contributed by atoms with Crippen molar-refractivity contribution < 1.29 is 14.3 Å². The average Bonchev–Trinajstić information content (AvgIpc) is 3.04. The number of benzene rings is 2. The number of aryl methyl sites for hydroxylation is 2. The molecule has 2 amide bonds. The molecule has 1 fully saturated rings. The van der Waals surface area contributed by atoms with Crippen molar-refractivity contribution in [3.05, 3.63) is 65.7 Å². The molecule has 5 nitrogen and oxygen atoms in total. The molecule has 3 rings (SSSR count). The van der Waals surface area contributed by atoms with Crippen LogP contribution in [0.15, 0.2) is 54.6 Å². The third-order valence-corrected chi connectivity index (χ3v) is 5.50. The van der Waals surface area contributed by atoms with Gasteiger partial charge >= 0.3 is 0 Å². The van der Waals surface area contributed by atoms with E-state index in [1.807, 2.05) is 64.4 Å². The normalized spacial score (nSPS) is 14.3. The van der Waals surface area contributed by atoms with Crippen LogP contribution < -0.4 is 4.74 Å². The third kappa shape index (κ3) is 6.61. The monoisotopic (exact) mass is 408 g/mol. The largest absolute Gasteiger partial charge is 0.484 e. The first-order valence-electron chi connectivity index (χ1n) is 11.0. The lowest BCUT2D eigenvalue weighted by Gasteiger charge is -2.22. The molecule has 30 heavy (non-hydrogen) atoms. The Bertz CT molecular complexity index is 805. The quantitative estimate of drug-likeness (QED) is 0.669. The zero-order chi connectivity index (χ0) is 21.2. The lowest BCUT2D eigenvalue weighted by atomic mass is 10.1. The Hall–Kier alpha value is -2.82. The second-order valence-corrected chi connectivity index (χ2v) is 7.78. The van der Waals surface area contributed by atoms with Gasteiger partial charge in [-0.1, -0.05) is 55.8 Å². The van der Waals surface area contributed by atoms with E-state index in [-0.39, 0.29) is 18.4 Å². The Kier molecular flexibility index (Phi) is 8.30. The minimum Gasteiger partial charge on any atom is -0.484 e. The molecule has 0 aromatic heterocycles. The predicted octanol–water partition coefficient (Wildman–Crippen LogP) is 3.71. The second kappa shape index (κ2) is 11.4. The highest BCUT2D eigenvalue weighted by Gasteiger charge is 2.22. The molecule has 5 heteroatoms. The molecule has 0 unspecified atom stereocenters. The van der Waals surface area contributed by atoms with Gasteiger partial charge in [-0.05, 0) is 42.5 Å². The van der Waals surface area contributed by atoms with Crippen LogP contribution in [0.5, 0.6) is 5.75 Å². The summed E-state index contributed by atoms with van der Waals surface area (Å²) in [6.07, 6.45) is 4.22. The van der Waals surface area contributed by atoms with Crippen molar-refractivity contribution in [1.29, 1.82) is 0 Å². The number of carbonyl (C=O) groups excluding carboxylic acids is 2. The molecular weight excluding hydrogens is 376 g/mol. The first kappa shape index (κ1) is 21.9. The van der Waals surface area contributed by atoms with Gasteiger partial charge in [-0.3, -0.25) is 9.59 Å². The van der Waals surface area contributed by atoms with Crippen molar-refractivity contribution in [2.75, 3.05) is 32.8 Å². The fourth-order valence-electron chi connectivity index (χ4n) is 3.75. The standard InChI is InChI=1S/C25H32N2O3/c1-2-7-21-10-13-23(14-11-21)30-20-25(29)27-17-6-16-26(18-19-27)24(28)15-12-22-8-4-3-5-9-22/h3-5,8-11,13-14H,2,6-7,12,15-20H2,1H3. The van der Waals surface area contributed by atoms with E-state index in [4.69, 9.17) is 4.74 Å². The summed E-state index contributed by atoms with van der Waals surface area (Å²) in [5.74, 6) is 0.860. The van der Waals surface area contributed by atoms with Gasteiger partial charge < -0.3 is 14.5 Å². The van der Waals surface area contributed by atoms with Crippen LogP contribution in [0, 0.1) is 0 Å². The van der Waals surface area contributed by atoms with Crippen LogP contribution in [0.4, 0.5) is 0 Å². The highest BCUT2D eigenvalue weighted by Crippen LogP contribution is 2.14. The van der Waals surface area contributed by atoms with E-state index in [9.17, 15) is 9.59 Å². The van der Waals surface area contributed by atoms with Gasteiger partial charge in [0.05, 0.1) is 0 Å². The molecule has 2 aromatic carbocycles. The molecular formula is C25H32N2O3. The highest BCUT2D eigenvalue weighted by molar-refractivity contribution is 5.79. The summed E-state index contributed by atoms with van der Waals surface area (Å²) >= 11 is 0. The van der Waals surface area contributed by atoms with Gasteiger partial charge in [0.25, 0.3) is 5.91 Å². The van der Waals surface area contributed by atoms with E-state index in [0.717, 1.165) is 31.4 Å². The van der Waals surface area contributed by atoms with Crippen LogP contribution in [0.25, 0.3) is 0 Å². The van der Waals surface area contributed by atoms with E-state index >= 15 is 0 Å². The zero-order valence-corrected chi connectivity index (χ0v) is 17.9. The molecule has 1 saturated heterocycles. The van der Waals surface area contributed by atoms with Crippen molar-refractivity contribution in [2.45, 2.75) is 39.0 Å². The van der Waals surface area contributed by atoms with Crippen LogP contribution in [0.1, 0.15) is 37.3 Å². The van der Waals surface area contributed by atoms with Gasteiger partial charge in [0.1, 0.15) is 5.75 Å². The first-order valence-corrected chi connectivity index (χ1v) is 11.0. The summed E-state index contributed by atoms with van der Waals surface area (Å²) in [5.41, 5.74) is 2.46. The van der Waals surface area contributed by atoms with Gasteiger partial charge in [-0.25, -0.2) is 0 Å². The molecule has 0 N–H and O–H groups in total. The van der Waals surface area contributed by atoms with Gasteiger partial charge in [0.2, 0.25) is 5.91 Å². The summed E-state index contributed by atoms with van der Waals surface area (Å²) in [6, 6.07) is 18.0. The maximum absolute atomic E-state index is 12.6. The molecule has 0 atom stereocenters. The summed E-state index contributed by atoms with van der Waals surface area (Å²) in [6.45, 7) is 4.72. The van der Waals surface area contributed by atoms with Gasteiger partial charge in [-0.2, -0.15) is 0 Å².